The number of pyridine rings is 1. The van der Waals surface area contributed by atoms with Crippen LogP contribution in [0.4, 0.5) is 5.69 Å². The first-order chi connectivity index (χ1) is 11.1. The molecule has 1 heterocycles. The Morgan fingerprint density at radius 3 is 2.52 bits per heavy atom. The van der Waals surface area contributed by atoms with Crippen LogP contribution < -0.4 is 9.86 Å². The Bertz CT molecular complexity index is 955. The number of rotatable bonds is 3. The average molecular weight is 321 g/mol. The van der Waals surface area contributed by atoms with E-state index in [0.717, 1.165) is 21.5 Å². The summed E-state index contributed by atoms with van der Waals surface area (Å²) in [5, 5.41) is 9.86. The predicted octanol–water partition coefficient (Wildman–Crippen LogP) is 3.55. The molecule has 23 heavy (non-hydrogen) atoms. The van der Waals surface area contributed by atoms with Crippen LogP contribution in [-0.2, 0) is 7.05 Å². The summed E-state index contributed by atoms with van der Waals surface area (Å²) in [6, 6.07) is 19.1. The quantitative estimate of drug-likeness (QED) is 0.692. The van der Waals surface area contributed by atoms with Crippen LogP contribution in [-0.4, -0.2) is 11.6 Å². The molecule has 3 aromatic rings. The van der Waals surface area contributed by atoms with E-state index in [1.54, 1.807) is 29.6 Å². The van der Waals surface area contributed by atoms with E-state index in [4.69, 9.17) is 5.26 Å². The Kier molecular flexibility index (Phi) is 4.09. The fourth-order valence-electron chi connectivity index (χ4n) is 2.37. The van der Waals surface area contributed by atoms with Gasteiger partial charge in [-0.25, -0.2) is 0 Å². The molecule has 0 saturated carbocycles. The van der Waals surface area contributed by atoms with E-state index in [9.17, 15) is 4.79 Å². The Balaban J connectivity index is 1.88. The highest BCUT2D eigenvalue weighted by atomic mass is 32.2. The minimum absolute atomic E-state index is 0.00874. The molecule has 0 bridgehead atoms. The highest BCUT2D eigenvalue weighted by molar-refractivity contribution is 8.00. The number of nitriles is 1. The maximum Gasteiger partial charge on any atom is 0.250 e. The molecule has 0 aliphatic rings. The molecule has 3 rings (SSSR count). The van der Waals surface area contributed by atoms with Gasteiger partial charge < -0.3 is 8.87 Å². The summed E-state index contributed by atoms with van der Waals surface area (Å²) in [5.41, 5.74) is 2.61. The fourth-order valence-corrected chi connectivity index (χ4v) is 3.16. The van der Waals surface area contributed by atoms with Crippen molar-refractivity contribution in [2.75, 3.05) is 11.4 Å². The predicted molar refractivity (Wildman–Crippen MR) is 94.6 cm³/mol. The minimum Gasteiger partial charge on any atom is -0.315 e. The van der Waals surface area contributed by atoms with Crippen molar-refractivity contribution in [2.45, 2.75) is 4.90 Å². The Hall–Kier alpha value is -2.71. The van der Waals surface area contributed by atoms with Gasteiger partial charge in [0.25, 0.3) is 5.56 Å². The van der Waals surface area contributed by atoms with E-state index < -0.39 is 0 Å². The second-order valence-corrected chi connectivity index (χ2v) is 6.40. The monoisotopic (exact) mass is 321 g/mol. The summed E-state index contributed by atoms with van der Waals surface area (Å²) in [4.78, 5) is 12.7. The lowest BCUT2D eigenvalue weighted by Gasteiger charge is -2.18. The molecule has 0 fully saturated rings. The largest absolute Gasteiger partial charge is 0.315 e. The summed E-state index contributed by atoms with van der Waals surface area (Å²) < 4.78 is 3.71. The molecule has 0 aliphatic heterocycles. The second-order valence-electron chi connectivity index (χ2n) is 5.20. The van der Waals surface area contributed by atoms with Gasteiger partial charge in [-0.05, 0) is 60.5 Å². The third-order valence-electron chi connectivity index (χ3n) is 3.70. The van der Waals surface area contributed by atoms with Crippen LogP contribution in [0.2, 0.25) is 0 Å². The van der Waals surface area contributed by atoms with Gasteiger partial charge in [-0.1, -0.05) is 0 Å². The first kappa shape index (κ1) is 15.2. The summed E-state index contributed by atoms with van der Waals surface area (Å²) in [6.45, 7) is 0. The number of aromatic nitrogens is 1. The van der Waals surface area contributed by atoms with E-state index in [1.165, 1.54) is 0 Å². The lowest BCUT2D eigenvalue weighted by atomic mass is 10.2. The van der Waals surface area contributed by atoms with Crippen LogP contribution in [0.5, 0.6) is 0 Å². The van der Waals surface area contributed by atoms with Gasteiger partial charge in [0.2, 0.25) is 0 Å². The third kappa shape index (κ3) is 3.08. The highest BCUT2D eigenvalue weighted by Gasteiger charge is 2.06. The van der Waals surface area contributed by atoms with Gasteiger partial charge in [0.1, 0.15) is 0 Å². The lowest BCUT2D eigenvalue weighted by Crippen LogP contribution is -2.15. The molecule has 1 aromatic heterocycles. The fraction of sp³-hybridized carbons (Fsp3) is 0.111. The van der Waals surface area contributed by atoms with Gasteiger partial charge >= 0.3 is 0 Å². The average Bonchev–Trinajstić information content (AvgIpc) is 2.58. The third-order valence-corrected chi connectivity index (χ3v) is 4.67. The smallest absolute Gasteiger partial charge is 0.250 e. The van der Waals surface area contributed by atoms with E-state index >= 15 is 0 Å². The van der Waals surface area contributed by atoms with E-state index in [2.05, 4.69) is 16.4 Å². The van der Waals surface area contributed by atoms with Crippen LogP contribution in [0.1, 0.15) is 5.56 Å². The van der Waals surface area contributed by atoms with Crippen LogP contribution >= 0.6 is 11.9 Å². The SMILES string of the molecule is CN(Sc1ccc(C#N)cc1)c1ccc2c(ccc(=O)n2C)c1. The molecular weight excluding hydrogens is 306 g/mol. The molecule has 0 N–H and O–H groups in total. The summed E-state index contributed by atoms with van der Waals surface area (Å²) in [5.74, 6) is 0. The van der Waals surface area contributed by atoms with Gasteiger partial charge in [0, 0.05) is 36.1 Å². The van der Waals surface area contributed by atoms with Gasteiger partial charge in [-0.2, -0.15) is 5.26 Å². The van der Waals surface area contributed by atoms with Crippen LogP contribution in [0, 0.1) is 11.3 Å². The minimum atomic E-state index is -0.00874. The van der Waals surface area contributed by atoms with Gasteiger partial charge in [-0.3, -0.25) is 4.79 Å². The Morgan fingerprint density at radius 1 is 1.09 bits per heavy atom. The van der Waals surface area contributed by atoms with Crippen LogP contribution in [0.3, 0.4) is 0 Å². The Morgan fingerprint density at radius 2 is 1.83 bits per heavy atom. The number of aryl methyl sites for hydroxylation is 1. The first-order valence-electron chi connectivity index (χ1n) is 7.10. The topological polar surface area (TPSA) is 49.0 Å². The number of anilines is 1. The van der Waals surface area contributed by atoms with Crippen LogP contribution in [0.25, 0.3) is 10.9 Å². The molecule has 0 saturated heterocycles. The molecule has 2 aromatic carbocycles. The van der Waals surface area contributed by atoms with Crippen molar-refractivity contribution in [3.63, 3.8) is 0 Å². The number of hydrogen-bond acceptors (Lipinski definition) is 4. The highest BCUT2D eigenvalue weighted by Crippen LogP contribution is 2.29. The summed E-state index contributed by atoms with van der Waals surface area (Å²) in [6.07, 6.45) is 0. The zero-order chi connectivity index (χ0) is 16.4. The maximum absolute atomic E-state index is 11.7. The van der Waals surface area contributed by atoms with Gasteiger partial charge in [0.15, 0.2) is 0 Å². The van der Waals surface area contributed by atoms with Crippen LogP contribution in [0.15, 0.2) is 64.3 Å². The second kappa shape index (κ2) is 6.19. The van der Waals surface area contributed by atoms with Crippen molar-refractivity contribution in [1.29, 1.82) is 5.26 Å². The van der Waals surface area contributed by atoms with Crippen molar-refractivity contribution in [3.8, 4) is 6.07 Å². The molecule has 4 nitrogen and oxygen atoms in total. The summed E-state index contributed by atoms with van der Waals surface area (Å²) in [7, 11) is 3.77. The molecule has 114 valence electrons. The van der Waals surface area contributed by atoms with Crippen molar-refractivity contribution in [1.82, 2.24) is 4.57 Å². The van der Waals surface area contributed by atoms with Crippen molar-refractivity contribution in [2.24, 2.45) is 7.05 Å². The molecule has 0 radical (unpaired) electrons. The molecule has 0 atom stereocenters. The Labute approximate surface area is 138 Å². The molecule has 5 heteroatoms. The normalized spacial score (nSPS) is 10.5. The molecular formula is C18H15N3OS. The van der Waals surface area contributed by atoms with E-state index in [-0.39, 0.29) is 5.56 Å². The summed E-state index contributed by atoms with van der Waals surface area (Å²) >= 11 is 1.59. The standard InChI is InChI=1S/C18H15N3OS/c1-20-17-9-6-15(11-14(17)5-10-18(20)22)21(2)23-16-7-3-13(12-19)4-8-16/h3-11H,1-2H3. The molecule has 0 aliphatic carbocycles. The van der Waals surface area contributed by atoms with Crippen molar-refractivity contribution >= 4 is 28.5 Å². The molecule has 0 unspecified atom stereocenters. The zero-order valence-corrected chi connectivity index (χ0v) is 13.7. The molecule has 0 spiro atoms. The number of nitrogens with zero attached hydrogens (tertiary/aromatic N) is 3. The van der Waals surface area contributed by atoms with Crippen molar-refractivity contribution in [3.05, 3.63) is 70.5 Å². The zero-order valence-electron chi connectivity index (χ0n) is 12.9. The van der Waals surface area contributed by atoms with Gasteiger partial charge in [-0.15, -0.1) is 0 Å². The van der Waals surface area contributed by atoms with Crippen molar-refractivity contribution < 1.29 is 0 Å². The van der Waals surface area contributed by atoms with Gasteiger partial charge in [0.05, 0.1) is 17.1 Å². The lowest BCUT2D eigenvalue weighted by molar-refractivity contribution is 0.906. The first-order valence-corrected chi connectivity index (χ1v) is 7.87. The molecule has 0 amide bonds. The maximum atomic E-state index is 11.7. The van der Waals surface area contributed by atoms with E-state index in [0.29, 0.717) is 5.56 Å². The van der Waals surface area contributed by atoms with E-state index in [1.807, 2.05) is 49.5 Å². The number of fused-ring (bicyclic) bond motifs is 1. The number of hydrogen-bond donors (Lipinski definition) is 0. The number of benzene rings is 2.